The van der Waals surface area contributed by atoms with Gasteiger partial charge in [-0.25, -0.2) is 29.5 Å². The highest BCUT2D eigenvalue weighted by atomic mass is 79.9. The molecule has 18 nitrogen and oxygen atoms in total. The van der Waals surface area contributed by atoms with Gasteiger partial charge in [0.25, 0.3) is 0 Å². The summed E-state index contributed by atoms with van der Waals surface area (Å²) in [6.45, 7) is 1.71. The van der Waals surface area contributed by atoms with E-state index in [1.165, 1.54) is 35.6 Å². The number of halogens is 4. The van der Waals surface area contributed by atoms with Crippen LogP contribution in [-0.4, -0.2) is 76.4 Å². The highest BCUT2D eigenvalue weighted by molar-refractivity contribution is 9.09. The van der Waals surface area contributed by atoms with Crippen molar-refractivity contribution in [2.75, 3.05) is 47.5 Å². The van der Waals surface area contributed by atoms with E-state index >= 15 is 0 Å². The molecule has 0 unspecified atom stereocenters. The van der Waals surface area contributed by atoms with Crippen LogP contribution in [-0.2, 0) is 45.5 Å². The number of aromatic nitrogens is 4. The minimum Gasteiger partial charge on any atom is -0.390 e. The average molecular weight is 898 g/mol. The Labute approximate surface area is 275 Å². The van der Waals surface area contributed by atoms with Crippen molar-refractivity contribution >= 4 is 91.0 Å². The summed E-state index contributed by atoms with van der Waals surface area (Å²) >= 11 is 12.9. The highest BCUT2D eigenvalue weighted by Crippen LogP contribution is 2.39. The van der Waals surface area contributed by atoms with Gasteiger partial charge in [0, 0.05) is 47.5 Å². The summed E-state index contributed by atoms with van der Waals surface area (Å²) in [5.74, 6) is -0.574. The van der Waals surface area contributed by atoms with Gasteiger partial charge >= 0.3 is 27.2 Å². The lowest BCUT2D eigenvalue weighted by Gasteiger charge is -2.19. The van der Waals surface area contributed by atoms with E-state index in [0.29, 0.717) is 58.9 Å². The summed E-state index contributed by atoms with van der Waals surface area (Å²) in [7, 11) is -3.43. The molecular formula is C18H32Br4N10O8P2. The van der Waals surface area contributed by atoms with Crippen LogP contribution in [0.3, 0.4) is 0 Å². The number of nitrogens with one attached hydrogen (secondary N) is 4. The van der Waals surface area contributed by atoms with E-state index in [0.717, 1.165) is 0 Å². The Hall–Kier alpha value is -0.640. The van der Waals surface area contributed by atoms with Crippen molar-refractivity contribution in [3.8, 4) is 0 Å². The van der Waals surface area contributed by atoms with Gasteiger partial charge in [-0.15, -0.1) is 0 Å². The number of nitrogens with zero attached hydrogens (tertiary/aromatic N) is 6. The Morgan fingerprint density at radius 2 is 1.00 bits per heavy atom. The van der Waals surface area contributed by atoms with Gasteiger partial charge in [0.1, 0.15) is 37.0 Å². The second kappa shape index (κ2) is 20.4. The van der Waals surface area contributed by atoms with E-state index in [9.17, 15) is 29.4 Å². The number of alkyl halides is 4. The molecular weight excluding hydrogens is 866 g/mol. The molecule has 0 radical (unpaired) electrons. The second-order valence-electron chi connectivity index (χ2n) is 7.77. The number of hydrogen-bond donors (Lipinski definition) is 4. The van der Waals surface area contributed by atoms with Gasteiger partial charge in [-0.2, -0.15) is 0 Å². The summed E-state index contributed by atoms with van der Waals surface area (Å²) in [4.78, 5) is 27.6. The van der Waals surface area contributed by atoms with E-state index in [-0.39, 0.29) is 25.1 Å². The topological polar surface area (TPSA) is 223 Å². The van der Waals surface area contributed by atoms with Gasteiger partial charge in [-0.05, 0) is 9.85 Å². The van der Waals surface area contributed by atoms with Crippen LogP contribution in [0, 0.1) is 20.2 Å². The van der Waals surface area contributed by atoms with Gasteiger partial charge in [-0.1, -0.05) is 73.7 Å². The highest BCUT2D eigenvalue weighted by Gasteiger charge is 2.26. The molecule has 0 aliphatic heterocycles. The number of hydrogen-bond acceptors (Lipinski definition) is 10. The predicted octanol–water partition coefficient (Wildman–Crippen LogP) is 3.84. The fourth-order valence-electron chi connectivity index (χ4n) is 2.84. The molecule has 0 spiro atoms. The number of rotatable bonds is 20. The van der Waals surface area contributed by atoms with Crippen molar-refractivity contribution in [2.24, 2.45) is 14.1 Å². The zero-order chi connectivity index (χ0) is 31.8. The van der Waals surface area contributed by atoms with E-state index in [4.69, 9.17) is 9.05 Å². The molecule has 2 heterocycles. The zero-order valence-electron chi connectivity index (χ0n) is 22.6. The maximum atomic E-state index is 12.5. The minimum atomic E-state index is -3.22. The standard InChI is InChI=1S/2C9H16Br2N5O4P/c2*1-15-8(6-12-9(15)16(17)18)7-20-21(19,13-4-2-10)14-5-3-11/h2*6H,2-5,7H2,1H3,(H2,13,14,19). The molecule has 0 amide bonds. The Morgan fingerprint density at radius 1 is 0.714 bits per heavy atom. The van der Waals surface area contributed by atoms with E-state index in [1.807, 2.05) is 0 Å². The van der Waals surface area contributed by atoms with Crippen LogP contribution in [0.15, 0.2) is 12.4 Å². The molecule has 0 aliphatic carbocycles. The molecule has 240 valence electrons. The third-order valence-electron chi connectivity index (χ3n) is 4.89. The van der Waals surface area contributed by atoms with Crippen molar-refractivity contribution < 1.29 is 28.0 Å². The Morgan fingerprint density at radius 3 is 1.21 bits per heavy atom. The summed E-state index contributed by atoms with van der Waals surface area (Å²) in [5, 5.41) is 35.1. The van der Waals surface area contributed by atoms with Crippen LogP contribution >= 0.6 is 79.1 Å². The summed E-state index contributed by atoms with van der Waals surface area (Å²) in [5.41, 5.74) is 0.923. The first-order valence-corrected chi connectivity index (χ1v) is 19.6. The Kier molecular flexibility index (Phi) is 19.1. The summed E-state index contributed by atoms with van der Waals surface area (Å²) in [6, 6.07) is 0. The number of imidazole rings is 2. The van der Waals surface area contributed by atoms with Crippen LogP contribution < -0.4 is 20.3 Å². The average Bonchev–Trinajstić information content (AvgIpc) is 3.53. The molecule has 0 bridgehead atoms. The largest absolute Gasteiger partial charge is 0.434 e. The molecule has 2 aromatic heterocycles. The SMILES string of the molecule is Cn1c(COP(=O)(NCCBr)NCCBr)cnc1[N+](=O)[O-].Cn1c(COP(=O)(NCCBr)NCCBr)cnc1[N+](=O)[O-]. The lowest BCUT2D eigenvalue weighted by atomic mass is 10.5. The third-order valence-corrected chi connectivity index (χ3v) is 10.0. The van der Waals surface area contributed by atoms with Gasteiger partial charge in [0.05, 0.1) is 14.1 Å². The van der Waals surface area contributed by atoms with Gasteiger partial charge in [0.2, 0.25) is 0 Å². The molecule has 0 saturated heterocycles. The van der Waals surface area contributed by atoms with Crippen LogP contribution in [0.2, 0.25) is 0 Å². The third kappa shape index (κ3) is 13.6. The first-order valence-electron chi connectivity index (χ1n) is 11.9. The fourth-order valence-corrected chi connectivity index (χ4v) is 7.70. The van der Waals surface area contributed by atoms with Gasteiger partial charge in [0.15, 0.2) is 0 Å². The second-order valence-corrected chi connectivity index (χ2v) is 14.9. The van der Waals surface area contributed by atoms with Crippen molar-refractivity contribution in [1.82, 2.24) is 39.5 Å². The van der Waals surface area contributed by atoms with E-state index in [2.05, 4.69) is 94.0 Å². The van der Waals surface area contributed by atoms with E-state index in [1.54, 1.807) is 0 Å². The first kappa shape index (κ1) is 39.4. The molecule has 0 saturated carbocycles. The minimum absolute atomic E-state index is 0.0564. The molecule has 0 atom stereocenters. The Bertz CT molecular complexity index is 1120. The molecule has 2 aromatic rings. The van der Waals surface area contributed by atoms with Crippen LogP contribution in [0.4, 0.5) is 11.9 Å². The molecule has 24 heteroatoms. The van der Waals surface area contributed by atoms with Gasteiger partial charge in [-0.3, -0.25) is 18.2 Å². The quantitative estimate of drug-likeness (QED) is 0.0642. The van der Waals surface area contributed by atoms with Crippen molar-refractivity contribution in [2.45, 2.75) is 13.2 Å². The maximum absolute atomic E-state index is 12.5. The van der Waals surface area contributed by atoms with Crippen molar-refractivity contribution in [3.05, 3.63) is 44.0 Å². The van der Waals surface area contributed by atoms with Crippen molar-refractivity contribution in [1.29, 1.82) is 0 Å². The maximum Gasteiger partial charge on any atom is 0.434 e. The van der Waals surface area contributed by atoms with Gasteiger partial charge < -0.3 is 20.2 Å². The lowest BCUT2D eigenvalue weighted by Crippen LogP contribution is -2.27. The normalized spacial score (nSPS) is 11.8. The molecule has 4 N–H and O–H groups in total. The van der Waals surface area contributed by atoms with Crippen molar-refractivity contribution in [3.63, 3.8) is 0 Å². The molecule has 0 aromatic carbocycles. The molecule has 2 rings (SSSR count). The fraction of sp³-hybridized carbons (Fsp3) is 0.667. The predicted molar refractivity (Wildman–Crippen MR) is 172 cm³/mol. The monoisotopic (exact) mass is 894 g/mol. The van der Waals surface area contributed by atoms with Crippen LogP contribution in [0.25, 0.3) is 0 Å². The number of nitro groups is 2. The Balaban J connectivity index is 0.000000420. The zero-order valence-corrected chi connectivity index (χ0v) is 30.7. The summed E-state index contributed by atoms with van der Waals surface area (Å²) < 4.78 is 38.4. The first-order chi connectivity index (χ1) is 19.9. The molecule has 0 fully saturated rings. The van der Waals surface area contributed by atoms with Crippen LogP contribution in [0.1, 0.15) is 11.4 Å². The smallest absolute Gasteiger partial charge is 0.390 e. The molecule has 42 heavy (non-hydrogen) atoms. The van der Waals surface area contributed by atoms with Crippen LogP contribution in [0.5, 0.6) is 0 Å². The molecule has 0 aliphatic rings. The lowest BCUT2D eigenvalue weighted by molar-refractivity contribution is -0.396. The summed E-state index contributed by atoms with van der Waals surface area (Å²) in [6.07, 6.45) is 2.66. The van der Waals surface area contributed by atoms with E-state index < -0.39 is 25.2 Å².